The number of rotatable bonds is 9. The van der Waals surface area contributed by atoms with Crippen molar-refractivity contribution >= 4 is 51.2 Å². The number of ether oxygens (including phenoxy) is 4. The summed E-state index contributed by atoms with van der Waals surface area (Å²) < 4.78 is 20.6. The third-order valence-electron chi connectivity index (χ3n) is 11.3. The van der Waals surface area contributed by atoms with Crippen molar-refractivity contribution in [2.75, 3.05) is 37.5 Å². The summed E-state index contributed by atoms with van der Waals surface area (Å²) in [7, 11) is 2.81. The number of esters is 4. The summed E-state index contributed by atoms with van der Waals surface area (Å²) in [6.45, 7) is 14.0. The third kappa shape index (κ3) is 15.4. The number of nitrogens with one attached hydrogen (secondary N) is 1. The quantitative estimate of drug-likeness (QED) is 0.0649. The number of benzene rings is 6. The van der Waals surface area contributed by atoms with Crippen LogP contribution in [-0.4, -0.2) is 62.4 Å². The van der Waals surface area contributed by atoms with Gasteiger partial charge in [0.15, 0.2) is 0 Å². The second-order valence-corrected chi connectivity index (χ2v) is 19.4. The molecule has 2 aliphatic rings. The van der Waals surface area contributed by atoms with Crippen molar-refractivity contribution in [1.82, 2.24) is 0 Å². The molecule has 0 radical (unpaired) electrons. The van der Waals surface area contributed by atoms with Gasteiger partial charge in [0.25, 0.3) is 0 Å². The average Bonchev–Trinajstić information content (AvgIpc) is 3.35. The molecule has 0 aliphatic carbocycles. The average molecular weight is 1020 g/mol. The third-order valence-corrected chi connectivity index (χ3v) is 12.0. The molecule has 0 spiro atoms. The smallest absolute Gasteiger partial charge is 1.00 e. The van der Waals surface area contributed by atoms with Crippen LogP contribution in [0.2, 0.25) is 0 Å². The number of halogens is 1. The van der Waals surface area contributed by atoms with Gasteiger partial charge in [0.1, 0.15) is 11.2 Å². The number of nitrogens with zero attached hydrogens (tertiary/aromatic N) is 1. The predicted molar refractivity (Wildman–Crippen MR) is 280 cm³/mol. The first-order valence-corrected chi connectivity index (χ1v) is 24.4. The zero-order valence-electron chi connectivity index (χ0n) is 42.9. The van der Waals surface area contributed by atoms with E-state index in [-0.39, 0.29) is 54.9 Å². The molecule has 0 aromatic heterocycles. The van der Waals surface area contributed by atoms with Crippen molar-refractivity contribution in [3.8, 4) is 22.3 Å². The Hall–Kier alpha value is -5.72. The molecular formula is C58H64BrN2NaO8. The number of alkyl halides is 1. The Morgan fingerprint density at radius 3 is 1.56 bits per heavy atom. The van der Waals surface area contributed by atoms with Gasteiger partial charge in [-0.2, -0.15) is 0 Å². The van der Waals surface area contributed by atoms with Gasteiger partial charge in [-0.1, -0.05) is 101 Å². The normalized spacial score (nSPS) is 12.6. The van der Waals surface area contributed by atoms with Crippen molar-refractivity contribution in [2.24, 2.45) is 0 Å². The van der Waals surface area contributed by atoms with Gasteiger partial charge >= 0.3 is 53.4 Å². The molecule has 2 aliphatic heterocycles. The van der Waals surface area contributed by atoms with Crippen LogP contribution in [-0.2, 0) is 43.7 Å². The predicted octanol–water partition coefficient (Wildman–Crippen LogP) is 10.2. The van der Waals surface area contributed by atoms with Crippen LogP contribution in [0, 0.1) is 0 Å². The Morgan fingerprint density at radius 1 is 0.586 bits per heavy atom. The van der Waals surface area contributed by atoms with Gasteiger partial charge in [-0.25, -0.2) is 19.2 Å². The molecule has 10 nitrogen and oxygen atoms in total. The number of aryl methyl sites for hydroxylation is 2. The van der Waals surface area contributed by atoms with Gasteiger partial charge in [0, 0.05) is 36.3 Å². The first kappa shape index (κ1) is 55.2. The van der Waals surface area contributed by atoms with E-state index in [9.17, 15) is 19.2 Å². The Labute approximate surface area is 445 Å². The van der Waals surface area contributed by atoms with Gasteiger partial charge in [-0.3, -0.25) is 0 Å². The molecule has 2 heterocycles. The Balaban J connectivity index is 0.000000252. The van der Waals surface area contributed by atoms with Gasteiger partial charge in [-0.15, -0.1) is 0 Å². The SMILES string of the molecule is CC(C)(C)OC(=O)c1ccccc1-c1ccc(CBr)cc1.COC(=O)c1ccc2c(c1)CCCN2.COC(=O)c1ccc2c(c1)CCCN2Cc1ccc(-c2ccccc2C(=O)OC(C)(C)C)cc1.[H-].[Na+]. The number of anilines is 2. The van der Waals surface area contributed by atoms with Crippen molar-refractivity contribution in [1.29, 1.82) is 0 Å². The fourth-order valence-corrected chi connectivity index (χ4v) is 8.45. The molecule has 0 bridgehead atoms. The van der Waals surface area contributed by atoms with E-state index in [2.05, 4.69) is 67.3 Å². The molecule has 12 heteroatoms. The minimum Gasteiger partial charge on any atom is -1.00 e. The van der Waals surface area contributed by atoms with E-state index in [1.54, 1.807) is 6.07 Å². The first-order valence-electron chi connectivity index (χ1n) is 23.3. The molecule has 1 N–H and O–H groups in total. The van der Waals surface area contributed by atoms with Crippen LogP contribution in [0.15, 0.2) is 133 Å². The summed E-state index contributed by atoms with van der Waals surface area (Å²) in [4.78, 5) is 50.6. The molecule has 8 rings (SSSR count). The van der Waals surface area contributed by atoms with Gasteiger partial charge < -0.3 is 30.6 Å². The number of methoxy groups -OCH3 is 2. The molecule has 0 unspecified atom stereocenters. The van der Waals surface area contributed by atoms with Crippen molar-refractivity contribution in [2.45, 2.75) is 90.3 Å². The van der Waals surface area contributed by atoms with Gasteiger partial charge in [0.05, 0.1) is 36.5 Å². The van der Waals surface area contributed by atoms with Crippen LogP contribution in [0.25, 0.3) is 22.3 Å². The molecular weight excluding hydrogens is 956 g/mol. The molecule has 6 aromatic rings. The van der Waals surface area contributed by atoms with Crippen LogP contribution in [0.4, 0.5) is 11.4 Å². The van der Waals surface area contributed by atoms with Gasteiger partial charge in [-0.05, 0) is 160 Å². The number of hydrogen-bond donors (Lipinski definition) is 1. The Morgan fingerprint density at radius 2 is 1.06 bits per heavy atom. The van der Waals surface area contributed by atoms with E-state index in [1.165, 1.54) is 42.2 Å². The second-order valence-electron chi connectivity index (χ2n) is 18.9. The molecule has 6 aromatic carbocycles. The summed E-state index contributed by atoms with van der Waals surface area (Å²) in [6, 6.07) is 43.0. The number of carbonyl (C=O) groups is 4. The van der Waals surface area contributed by atoms with Crippen molar-refractivity contribution in [3.05, 3.63) is 178 Å². The largest absolute Gasteiger partial charge is 1.00 e. The zero-order chi connectivity index (χ0) is 49.7. The van der Waals surface area contributed by atoms with Crippen LogP contribution in [0.3, 0.4) is 0 Å². The molecule has 0 saturated carbocycles. The minimum absolute atomic E-state index is 0. The molecule has 70 heavy (non-hydrogen) atoms. The van der Waals surface area contributed by atoms with E-state index in [4.69, 9.17) is 14.2 Å². The number of hydrogen-bond acceptors (Lipinski definition) is 10. The second kappa shape index (κ2) is 25.4. The van der Waals surface area contributed by atoms with E-state index in [0.717, 1.165) is 78.6 Å². The zero-order valence-corrected chi connectivity index (χ0v) is 45.5. The van der Waals surface area contributed by atoms with Crippen molar-refractivity contribution < 1.29 is 69.1 Å². The summed E-state index contributed by atoms with van der Waals surface area (Å²) in [5.41, 5.74) is 12.2. The van der Waals surface area contributed by atoms with Crippen LogP contribution >= 0.6 is 15.9 Å². The first-order chi connectivity index (χ1) is 33.0. The molecule has 0 saturated heterocycles. The Bertz CT molecular complexity index is 2750. The Kier molecular flexibility index (Phi) is 20.0. The maximum Gasteiger partial charge on any atom is 1.00 e. The summed E-state index contributed by atoms with van der Waals surface area (Å²) in [5, 5.41) is 4.12. The monoisotopic (exact) mass is 1020 g/mol. The minimum atomic E-state index is -0.545. The standard InChI is InChI=1S/C29H31NO4.C18H19BrO2.C11H13NO2.Na.H/c1-29(2,3)34-28(32)25-10-6-5-9-24(25)21-13-11-20(12-14-21)19-30-17-7-8-22-18-23(27(31)33-4)15-16-26(22)30;1-18(2,3)21-17(20)16-7-5-4-6-15(16)14-10-8-13(12-19)9-11-14;1-14-11(13)9-4-5-10-8(7-9)3-2-6-12-10;;/h5-6,9-16,18H,7-8,17,19H2,1-4H3;4-11H,12H2,1-3H3;4-5,7,12H,2-3,6H2,1H3;;/q;;;+1;-1. The number of fused-ring (bicyclic) bond motifs is 2. The van der Waals surface area contributed by atoms with E-state index >= 15 is 0 Å². The maximum absolute atomic E-state index is 12.7. The van der Waals surface area contributed by atoms with E-state index in [1.807, 2.05) is 133 Å². The molecule has 0 amide bonds. The number of carbonyl (C=O) groups excluding carboxylic acids is 4. The molecule has 0 atom stereocenters. The van der Waals surface area contributed by atoms with Crippen LogP contribution in [0.1, 0.15) is 119 Å². The topological polar surface area (TPSA) is 120 Å². The maximum atomic E-state index is 12.7. The molecule has 362 valence electrons. The van der Waals surface area contributed by atoms with Crippen molar-refractivity contribution in [3.63, 3.8) is 0 Å². The van der Waals surface area contributed by atoms with E-state index < -0.39 is 11.2 Å². The summed E-state index contributed by atoms with van der Waals surface area (Å²) in [6.07, 6.45) is 4.15. The molecule has 0 fully saturated rings. The van der Waals surface area contributed by atoms with E-state index in [0.29, 0.717) is 22.3 Å². The fraction of sp³-hybridized carbons (Fsp3) is 0.310. The van der Waals surface area contributed by atoms with Crippen LogP contribution < -0.4 is 39.8 Å². The summed E-state index contributed by atoms with van der Waals surface area (Å²) in [5.74, 6) is -1.17. The van der Waals surface area contributed by atoms with Gasteiger partial charge in [0.2, 0.25) is 0 Å². The fourth-order valence-electron chi connectivity index (χ4n) is 8.08. The van der Waals surface area contributed by atoms with Crippen LogP contribution in [0.5, 0.6) is 0 Å². The summed E-state index contributed by atoms with van der Waals surface area (Å²) >= 11 is 3.43.